The fourth-order valence-corrected chi connectivity index (χ4v) is 5.10. The Morgan fingerprint density at radius 3 is 2.34 bits per heavy atom. The molecule has 0 fully saturated rings. The van der Waals surface area contributed by atoms with Crippen LogP contribution in [-0.2, 0) is 9.53 Å². The van der Waals surface area contributed by atoms with E-state index < -0.39 is 12.0 Å². The molecule has 35 heavy (non-hydrogen) atoms. The molecule has 0 saturated heterocycles. The van der Waals surface area contributed by atoms with Crippen molar-refractivity contribution >= 4 is 29.1 Å². The largest absolute Gasteiger partial charge is 0.493 e. The number of ether oxygens (including phenoxy) is 3. The number of hydrogen-bond acceptors (Lipinski definition) is 8. The fourth-order valence-electron chi connectivity index (χ4n) is 4.05. The van der Waals surface area contributed by atoms with Crippen molar-refractivity contribution in [2.24, 2.45) is 4.99 Å². The SMILES string of the molecule is COC(=O)C1=C(C)N=c2s/c(=C\c3ccc(N(C)C)cc3)c(=O)n2[C@@H]1c1ccc(OC)c(OC)c1. The number of rotatable bonds is 6. The maximum Gasteiger partial charge on any atom is 0.338 e. The Labute approximate surface area is 207 Å². The zero-order valence-electron chi connectivity index (χ0n) is 20.5. The molecule has 0 bridgehead atoms. The molecule has 1 aromatic heterocycles. The number of carbonyl (C=O) groups excluding carboxylic acids is 1. The number of anilines is 1. The number of fused-ring (bicyclic) bond motifs is 1. The number of hydrogen-bond donors (Lipinski definition) is 0. The van der Waals surface area contributed by atoms with Gasteiger partial charge in [0.2, 0.25) is 0 Å². The standard InChI is InChI=1S/C26H27N3O5S/c1-15-22(25(31)34-6)23(17-9-12-19(32-4)20(14-17)33-5)29-24(30)21(35-26(29)27-15)13-16-7-10-18(11-8-16)28(2)3/h7-14,23H,1-6H3/b21-13-/t23-/m1/s1. The monoisotopic (exact) mass is 493 g/mol. The highest BCUT2D eigenvalue weighted by molar-refractivity contribution is 7.07. The van der Waals surface area contributed by atoms with Crippen molar-refractivity contribution in [1.82, 2.24) is 4.57 Å². The number of esters is 1. The predicted molar refractivity (Wildman–Crippen MR) is 136 cm³/mol. The van der Waals surface area contributed by atoms with Crippen molar-refractivity contribution in [3.63, 3.8) is 0 Å². The van der Waals surface area contributed by atoms with Crippen LogP contribution in [0.2, 0.25) is 0 Å². The Kier molecular flexibility index (Phi) is 6.79. The van der Waals surface area contributed by atoms with Crippen LogP contribution >= 0.6 is 11.3 Å². The minimum absolute atomic E-state index is 0.237. The highest BCUT2D eigenvalue weighted by atomic mass is 32.1. The van der Waals surface area contributed by atoms with Crippen molar-refractivity contribution in [1.29, 1.82) is 0 Å². The number of allylic oxidation sites excluding steroid dienone is 1. The average molecular weight is 494 g/mol. The number of nitrogens with zero attached hydrogens (tertiary/aromatic N) is 3. The molecule has 9 heteroatoms. The van der Waals surface area contributed by atoms with Gasteiger partial charge in [-0.2, -0.15) is 0 Å². The van der Waals surface area contributed by atoms with Crippen molar-refractivity contribution in [3.05, 3.63) is 84.5 Å². The first-order valence-electron chi connectivity index (χ1n) is 10.9. The van der Waals surface area contributed by atoms with Crippen LogP contribution in [-0.4, -0.2) is 46.0 Å². The molecular formula is C26H27N3O5S. The molecule has 0 amide bonds. The van der Waals surface area contributed by atoms with E-state index in [2.05, 4.69) is 4.99 Å². The molecule has 0 radical (unpaired) electrons. The van der Waals surface area contributed by atoms with E-state index in [-0.39, 0.29) is 5.56 Å². The second-order valence-corrected chi connectivity index (χ2v) is 9.18. The average Bonchev–Trinajstić information content (AvgIpc) is 3.16. The molecule has 0 unspecified atom stereocenters. The molecule has 1 atom stereocenters. The fraction of sp³-hybridized carbons (Fsp3) is 0.269. The molecule has 0 saturated carbocycles. The van der Waals surface area contributed by atoms with E-state index in [4.69, 9.17) is 14.2 Å². The molecule has 2 aromatic carbocycles. The number of methoxy groups -OCH3 is 3. The quantitative estimate of drug-likeness (QED) is 0.491. The van der Waals surface area contributed by atoms with Gasteiger partial charge in [-0.3, -0.25) is 9.36 Å². The van der Waals surface area contributed by atoms with Crippen LogP contribution in [0, 0.1) is 0 Å². The summed E-state index contributed by atoms with van der Waals surface area (Å²) in [7, 11) is 8.36. The molecule has 0 N–H and O–H groups in total. The minimum Gasteiger partial charge on any atom is -0.493 e. The zero-order chi connectivity index (χ0) is 25.3. The summed E-state index contributed by atoms with van der Waals surface area (Å²) < 4.78 is 18.0. The third-order valence-corrected chi connectivity index (χ3v) is 6.84. The van der Waals surface area contributed by atoms with Gasteiger partial charge in [0, 0.05) is 19.8 Å². The maximum atomic E-state index is 13.7. The molecular weight excluding hydrogens is 466 g/mol. The topological polar surface area (TPSA) is 82.4 Å². The molecule has 0 spiro atoms. The Balaban J connectivity index is 1.93. The van der Waals surface area contributed by atoms with Crippen LogP contribution in [0.3, 0.4) is 0 Å². The van der Waals surface area contributed by atoms with E-state index in [0.29, 0.717) is 37.7 Å². The summed E-state index contributed by atoms with van der Waals surface area (Å²) in [6, 6.07) is 12.5. The first kappa shape index (κ1) is 24.3. The first-order valence-corrected chi connectivity index (χ1v) is 11.7. The van der Waals surface area contributed by atoms with E-state index in [1.165, 1.54) is 25.6 Å². The number of benzene rings is 2. The van der Waals surface area contributed by atoms with E-state index >= 15 is 0 Å². The normalized spacial score (nSPS) is 15.4. The van der Waals surface area contributed by atoms with Gasteiger partial charge in [-0.1, -0.05) is 29.5 Å². The van der Waals surface area contributed by atoms with E-state index in [9.17, 15) is 9.59 Å². The van der Waals surface area contributed by atoms with Gasteiger partial charge in [0.05, 0.1) is 43.2 Å². The predicted octanol–water partition coefficient (Wildman–Crippen LogP) is 2.49. The third-order valence-electron chi connectivity index (χ3n) is 5.86. The summed E-state index contributed by atoms with van der Waals surface area (Å²) in [5.74, 6) is 0.497. The molecule has 3 aromatic rings. The molecule has 0 aliphatic carbocycles. The van der Waals surface area contributed by atoms with Gasteiger partial charge >= 0.3 is 5.97 Å². The Bertz CT molecular complexity index is 1480. The van der Waals surface area contributed by atoms with E-state index in [1.807, 2.05) is 55.4 Å². The molecule has 1 aliphatic rings. The molecule has 8 nitrogen and oxygen atoms in total. The van der Waals surface area contributed by atoms with Crippen molar-refractivity contribution < 1.29 is 19.0 Å². The molecule has 2 heterocycles. The van der Waals surface area contributed by atoms with Crippen LogP contribution in [0.25, 0.3) is 6.08 Å². The summed E-state index contributed by atoms with van der Waals surface area (Å²) >= 11 is 1.28. The highest BCUT2D eigenvalue weighted by Crippen LogP contribution is 2.35. The highest BCUT2D eigenvalue weighted by Gasteiger charge is 2.33. The van der Waals surface area contributed by atoms with Gasteiger partial charge in [-0.15, -0.1) is 0 Å². The lowest BCUT2D eigenvalue weighted by Gasteiger charge is -2.25. The second-order valence-electron chi connectivity index (χ2n) is 8.17. The molecule has 4 rings (SSSR count). The van der Waals surface area contributed by atoms with Crippen LogP contribution < -0.4 is 29.3 Å². The summed E-state index contributed by atoms with van der Waals surface area (Å²) in [6.07, 6.45) is 1.84. The van der Waals surface area contributed by atoms with Gasteiger partial charge in [-0.05, 0) is 48.4 Å². The van der Waals surface area contributed by atoms with Gasteiger partial charge < -0.3 is 19.1 Å². The minimum atomic E-state index is -0.725. The Hall–Kier alpha value is -3.85. The van der Waals surface area contributed by atoms with E-state index in [1.54, 1.807) is 30.7 Å². The lowest BCUT2D eigenvalue weighted by molar-refractivity contribution is -0.136. The molecule has 182 valence electrons. The van der Waals surface area contributed by atoms with Crippen LogP contribution in [0.15, 0.2) is 63.5 Å². The third kappa shape index (κ3) is 4.46. The summed E-state index contributed by atoms with van der Waals surface area (Å²) in [6.45, 7) is 1.75. The number of carbonyl (C=O) groups is 1. The van der Waals surface area contributed by atoms with Crippen LogP contribution in [0.5, 0.6) is 11.5 Å². The zero-order valence-corrected chi connectivity index (χ0v) is 21.3. The Morgan fingerprint density at radius 1 is 1.06 bits per heavy atom. The Morgan fingerprint density at radius 2 is 1.74 bits per heavy atom. The molecule has 1 aliphatic heterocycles. The number of aromatic nitrogens is 1. The maximum absolute atomic E-state index is 13.7. The van der Waals surface area contributed by atoms with Crippen molar-refractivity contribution in [3.8, 4) is 11.5 Å². The lowest BCUT2D eigenvalue weighted by atomic mass is 9.95. The van der Waals surface area contributed by atoms with Crippen LogP contribution in [0.1, 0.15) is 24.1 Å². The van der Waals surface area contributed by atoms with Gasteiger partial charge in [0.1, 0.15) is 0 Å². The summed E-state index contributed by atoms with van der Waals surface area (Å²) in [5.41, 5.74) is 3.20. The second kappa shape index (κ2) is 9.79. The summed E-state index contributed by atoms with van der Waals surface area (Å²) in [4.78, 5) is 33.6. The van der Waals surface area contributed by atoms with Crippen molar-refractivity contribution in [2.45, 2.75) is 13.0 Å². The first-order chi connectivity index (χ1) is 16.8. The van der Waals surface area contributed by atoms with Gasteiger partial charge in [-0.25, -0.2) is 9.79 Å². The van der Waals surface area contributed by atoms with Crippen LogP contribution in [0.4, 0.5) is 5.69 Å². The smallest absolute Gasteiger partial charge is 0.338 e. The van der Waals surface area contributed by atoms with Gasteiger partial charge in [0.25, 0.3) is 5.56 Å². The van der Waals surface area contributed by atoms with Gasteiger partial charge in [0.15, 0.2) is 16.3 Å². The summed E-state index contributed by atoms with van der Waals surface area (Å²) in [5, 5.41) is 0. The number of thiazole rings is 1. The van der Waals surface area contributed by atoms with Crippen molar-refractivity contribution in [2.75, 3.05) is 40.3 Å². The lowest BCUT2D eigenvalue weighted by Crippen LogP contribution is -2.39. The van der Waals surface area contributed by atoms with E-state index in [0.717, 1.165) is 11.3 Å².